The van der Waals surface area contributed by atoms with Crippen LogP contribution < -0.4 is 4.74 Å². The number of halogens is 2. The second kappa shape index (κ2) is 6.45. The smallest absolute Gasteiger partial charge is 0.224 e. The summed E-state index contributed by atoms with van der Waals surface area (Å²) in [7, 11) is 3.93. The van der Waals surface area contributed by atoms with Crippen molar-refractivity contribution in [2.45, 2.75) is 13.3 Å². The Balaban J connectivity index is 2.44. The first-order valence-corrected chi connectivity index (χ1v) is 7.23. The summed E-state index contributed by atoms with van der Waals surface area (Å²) in [5.74, 6) is 0.649. The van der Waals surface area contributed by atoms with Gasteiger partial charge in [0, 0.05) is 17.4 Å². The van der Waals surface area contributed by atoms with Gasteiger partial charge in [0.1, 0.15) is 17.9 Å². The van der Waals surface area contributed by atoms with Gasteiger partial charge < -0.3 is 9.64 Å². The minimum Gasteiger partial charge on any atom is -0.476 e. The van der Waals surface area contributed by atoms with Crippen LogP contribution in [0.4, 0.5) is 4.39 Å². The molecule has 0 aliphatic rings. The van der Waals surface area contributed by atoms with Crippen molar-refractivity contribution in [3.63, 3.8) is 0 Å². The molecule has 0 aliphatic heterocycles. The number of nitrogens with zero attached hydrogens (tertiary/aromatic N) is 3. The van der Waals surface area contributed by atoms with E-state index in [1.807, 2.05) is 25.9 Å². The minimum atomic E-state index is -0.371. The zero-order valence-electron chi connectivity index (χ0n) is 11.8. The highest BCUT2D eigenvalue weighted by Crippen LogP contribution is 2.28. The van der Waals surface area contributed by atoms with E-state index in [9.17, 15) is 4.39 Å². The SMILES string of the molecule is CCc1nc(OCCN(C)C)c2cc(Br)cc(F)c2n1. The highest BCUT2D eigenvalue weighted by molar-refractivity contribution is 9.10. The first kappa shape index (κ1) is 15.1. The van der Waals surface area contributed by atoms with Crippen molar-refractivity contribution in [1.29, 1.82) is 0 Å². The maximum Gasteiger partial charge on any atom is 0.224 e. The van der Waals surface area contributed by atoms with Crippen LogP contribution in [0.1, 0.15) is 12.7 Å². The van der Waals surface area contributed by atoms with Crippen molar-refractivity contribution >= 4 is 26.8 Å². The molecule has 0 atom stereocenters. The van der Waals surface area contributed by atoms with Gasteiger partial charge in [-0.05, 0) is 26.2 Å². The van der Waals surface area contributed by atoms with Crippen LogP contribution in [0, 0.1) is 5.82 Å². The summed E-state index contributed by atoms with van der Waals surface area (Å²) < 4.78 is 20.4. The summed E-state index contributed by atoms with van der Waals surface area (Å²) in [6, 6.07) is 3.18. The molecule has 0 fully saturated rings. The van der Waals surface area contributed by atoms with Crippen LogP contribution in [0.25, 0.3) is 10.9 Å². The van der Waals surface area contributed by atoms with E-state index in [2.05, 4.69) is 25.9 Å². The molecule has 20 heavy (non-hydrogen) atoms. The number of hydrogen-bond donors (Lipinski definition) is 0. The van der Waals surface area contributed by atoms with Gasteiger partial charge in [0.15, 0.2) is 5.82 Å². The Morgan fingerprint density at radius 3 is 2.70 bits per heavy atom. The summed E-state index contributed by atoms with van der Waals surface area (Å²) in [6.45, 7) is 3.20. The summed E-state index contributed by atoms with van der Waals surface area (Å²) in [5.41, 5.74) is 0.305. The molecule has 1 heterocycles. The van der Waals surface area contributed by atoms with Gasteiger partial charge in [-0.2, -0.15) is 4.98 Å². The lowest BCUT2D eigenvalue weighted by Gasteiger charge is -2.13. The van der Waals surface area contributed by atoms with Crippen LogP contribution in [0.2, 0.25) is 0 Å². The van der Waals surface area contributed by atoms with Crippen LogP contribution in [-0.4, -0.2) is 42.1 Å². The molecule has 0 saturated heterocycles. The molecule has 0 amide bonds. The lowest BCUT2D eigenvalue weighted by atomic mass is 10.2. The van der Waals surface area contributed by atoms with Crippen molar-refractivity contribution in [2.75, 3.05) is 27.2 Å². The molecule has 108 valence electrons. The van der Waals surface area contributed by atoms with Crippen molar-refractivity contribution in [3.05, 3.63) is 28.2 Å². The van der Waals surface area contributed by atoms with Gasteiger partial charge in [-0.25, -0.2) is 9.37 Å². The lowest BCUT2D eigenvalue weighted by Crippen LogP contribution is -2.20. The first-order valence-electron chi connectivity index (χ1n) is 6.44. The molecule has 0 radical (unpaired) electrons. The van der Waals surface area contributed by atoms with Gasteiger partial charge in [0.25, 0.3) is 0 Å². The second-order valence-corrected chi connectivity index (χ2v) is 5.65. The van der Waals surface area contributed by atoms with Crippen LogP contribution in [0.15, 0.2) is 16.6 Å². The molecule has 0 unspecified atom stereocenters. The lowest BCUT2D eigenvalue weighted by molar-refractivity contribution is 0.255. The summed E-state index contributed by atoms with van der Waals surface area (Å²) >= 11 is 3.29. The van der Waals surface area contributed by atoms with E-state index in [1.165, 1.54) is 6.07 Å². The Morgan fingerprint density at radius 1 is 1.30 bits per heavy atom. The third kappa shape index (κ3) is 3.43. The van der Waals surface area contributed by atoms with Crippen LogP contribution in [-0.2, 0) is 6.42 Å². The molecule has 0 bridgehead atoms. The van der Waals surface area contributed by atoms with Crippen LogP contribution in [0.5, 0.6) is 5.88 Å². The van der Waals surface area contributed by atoms with E-state index < -0.39 is 0 Å². The Hall–Kier alpha value is -1.27. The number of benzene rings is 1. The van der Waals surface area contributed by atoms with Crippen LogP contribution in [0.3, 0.4) is 0 Å². The van der Waals surface area contributed by atoms with Gasteiger partial charge in [-0.15, -0.1) is 0 Å². The standard InChI is InChI=1S/C14H17BrFN3O/c1-4-12-17-13-10(7-9(15)8-11(13)16)14(18-12)20-6-5-19(2)3/h7-8H,4-6H2,1-3H3. The predicted molar refractivity (Wildman–Crippen MR) is 80.6 cm³/mol. The number of hydrogen-bond acceptors (Lipinski definition) is 4. The van der Waals surface area contributed by atoms with Gasteiger partial charge >= 0.3 is 0 Å². The second-order valence-electron chi connectivity index (χ2n) is 4.73. The van der Waals surface area contributed by atoms with Gasteiger partial charge in [0.05, 0.1) is 5.39 Å². The number of aromatic nitrogens is 2. The Kier molecular flexibility index (Phi) is 4.88. The van der Waals surface area contributed by atoms with E-state index in [1.54, 1.807) is 6.07 Å². The van der Waals surface area contributed by atoms with Crippen molar-refractivity contribution in [3.8, 4) is 5.88 Å². The van der Waals surface area contributed by atoms with E-state index >= 15 is 0 Å². The number of likely N-dealkylation sites (N-methyl/N-ethyl adjacent to an activating group) is 1. The molecular formula is C14H17BrFN3O. The molecule has 0 saturated carbocycles. The highest BCUT2D eigenvalue weighted by Gasteiger charge is 2.13. The largest absolute Gasteiger partial charge is 0.476 e. The fourth-order valence-electron chi connectivity index (χ4n) is 1.77. The number of aryl methyl sites for hydroxylation is 1. The zero-order valence-corrected chi connectivity index (χ0v) is 13.4. The Morgan fingerprint density at radius 2 is 2.05 bits per heavy atom. The third-order valence-electron chi connectivity index (χ3n) is 2.82. The molecule has 6 heteroatoms. The normalized spacial score (nSPS) is 11.3. The van der Waals surface area contributed by atoms with Crippen molar-refractivity contribution in [2.24, 2.45) is 0 Å². The quantitative estimate of drug-likeness (QED) is 0.837. The fraction of sp³-hybridized carbons (Fsp3) is 0.429. The Labute approximate surface area is 126 Å². The molecule has 2 rings (SSSR count). The summed E-state index contributed by atoms with van der Waals surface area (Å²) in [6.07, 6.45) is 0.634. The van der Waals surface area contributed by atoms with E-state index in [0.29, 0.717) is 40.1 Å². The van der Waals surface area contributed by atoms with E-state index in [-0.39, 0.29) is 5.82 Å². The summed E-state index contributed by atoms with van der Waals surface area (Å²) in [5, 5.41) is 0.591. The Bertz CT molecular complexity index is 619. The molecule has 0 N–H and O–H groups in total. The number of fused-ring (bicyclic) bond motifs is 1. The molecule has 1 aromatic carbocycles. The van der Waals surface area contributed by atoms with Gasteiger partial charge in [-0.1, -0.05) is 22.9 Å². The van der Waals surface area contributed by atoms with Crippen molar-refractivity contribution < 1.29 is 9.13 Å². The molecule has 0 aliphatic carbocycles. The monoisotopic (exact) mass is 341 g/mol. The zero-order chi connectivity index (χ0) is 14.7. The topological polar surface area (TPSA) is 38.2 Å². The maximum absolute atomic E-state index is 14.0. The van der Waals surface area contributed by atoms with Gasteiger partial charge in [-0.3, -0.25) is 0 Å². The predicted octanol–water partition coefficient (Wildman–Crippen LogP) is 3.03. The number of rotatable bonds is 5. The molecule has 0 spiro atoms. The van der Waals surface area contributed by atoms with Crippen LogP contribution >= 0.6 is 15.9 Å². The fourth-order valence-corrected chi connectivity index (χ4v) is 2.20. The molecule has 1 aromatic heterocycles. The van der Waals surface area contributed by atoms with Gasteiger partial charge in [0.2, 0.25) is 5.88 Å². The average Bonchev–Trinajstić information content (AvgIpc) is 2.38. The third-order valence-corrected chi connectivity index (χ3v) is 3.28. The van der Waals surface area contributed by atoms with E-state index in [4.69, 9.17) is 4.74 Å². The first-order chi connectivity index (χ1) is 9.51. The highest BCUT2D eigenvalue weighted by atomic mass is 79.9. The number of ether oxygens (including phenoxy) is 1. The minimum absolute atomic E-state index is 0.305. The van der Waals surface area contributed by atoms with Crippen molar-refractivity contribution in [1.82, 2.24) is 14.9 Å². The summed E-state index contributed by atoms with van der Waals surface area (Å²) in [4.78, 5) is 10.6. The average molecular weight is 342 g/mol. The molecule has 2 aromatic rings. The molecule has 4 nitrogen and oxygen atoms in total. The maximum atomic E-state index is 14.0. The molecular weight excluding hydrogens is 325 g/mol. The van der Waals surface area contributed by atoms with E-state index in [0.717, 1.165) is 6.54 Å².